The smallest absolute Gasteiger partial charge is 0.247 e. The van der Waals surface area contributed by atoms with Gasteiger partial charge in [0.2, 0.25) is 23.6 Å². The zero-order chi connectivity index (χ0) is 32.2. The van der Waals surface area contributed by atoms with Crippen LogP contribution in [0.25, 0.3) is 10.8 Å². The Balaban J connectivity index is 1.32. The minimum absolute atomic E-state index is 0.00398. The van der Waals surface area contributed by atoms with Gasteiger partial charge in [-0.05, 0) is 61.1 Å². The molecule has 4 amide bonds. The van der Waals surface area contributed by atoms with Gasteiger partial charge in [0.05, 0.1) is 12.6 Å². The molecule has 3 aromatic rings. The van der Waals surface area contributed by atoms with Crippen LogP contribution < -0.4 is 10.6 Å². The fraction of sp³-hybridized carbons (Fsp3) is 0.459. The molecule has 9 nitrogen and oxygen atoms in total. The number of hydrogen-bond donors (Lipinski definition) is 2. The molecule has 0 aromatic heterocycles. The van der Waals surface area contributed by atoms with Crippen LogP contribution >= 0.6 is 0 Å². The number of amides is 4. The van der Waals surface area contributed by atoms with Gasteiger partial charge in [0, 0.05) is 13.0 Å². The third-order valence-corrected chi connectivity index (χ3v) is 10.2. The topological polar surface area (TPSA) is 102 Å². The molecule has 1 saturated carbocycles. The van der Waals surface area contributed by atoms with Gasteiger partial charge in [-0.15, -0.1) is 0 Å². The standard InChI is InChI=1S/C37H45N5O4/c1-25(38-2)35(44)39-34(28-15-7-4-8-16-28)37(46)41-24-33(43)42-31(22-29-18-11-17-27-14-9-10-19-30(27)29)36(45)40(23-32(41)42)21-20-26-12-5-3-6-13-26/h3,5-6,9-14,17-19,25,28,31-32,34,38H,4,7-8,15-16,20-24H2,1-2H3,(H,39,44)/t25-,31-,32+,34-/m0/s1. The summed E-state index contributed by atoms with van der Waals surface area (Å²) in [6.45, 7) is 2.40. The van der Waals surface area contributed by atoms with Gasteiger partial charge < -0.3 is 25.3 Å². The Hall–Kier alpha value is -4.24. The lowest BCUT2D eigenvalue weighted by molar-refractivity contribution is -0.156. The maximum Gasteiger partial charge on any atom is 0.247 e. The van der Waals surface area contributed by atoms with Crippen molar-refractivity contribution in [1.82, 2.24) is 25.3 Å². The summed E-state index contributed by atoms with van der Waals surface area (Å²) >= 11 is 0. The highest BCUT2D eigenvalue weighted by molar-refractivity contribution is 5.97. The SMILES string of the molecule is CN[C@@H](C)C(=O)N[C@H](C(=O)N1CC(=O)N2[C@@H]1CN(CCc1ccccc1)C(=O)[C@@H]2Cc1cccc2ccccc12)C1CCCCC1. The van der Waals surface area contributed by atoms with Crippen molar-refractivity contribution in [3.05, 3.63) is 83.9 Å². The molecule has 2 aliphatic heterocycles. The summed E-state index contributed by atoms with van der Waals surface area (Å²) in [5, 5.41) is 8.16. The van der Waals surface area contributed by atoms with Crippen LogP contribution in [0.3, 0.4) is 0 Å². The molecule has 1 aliphatic carbocycles. The second-order valence-corrected chi connectivity index (χ2v) is 13.0. The van der Waals surface area contributed by atoms with E-state index in [0.29, 0.717) is 19.4 Å². The first-order chi connectivity index (χ1) is 22.4. The summed E-state index contributed by atoms with van der Waals surface area (Å²) in [5.74, 6) is -0.777. The van der Waals surface area contributed by atoms with Crippen molar-refractivity contribution >= 4 is 34.4 Å². The second kappa shape index (κ2) is 14.0. The zero-order valence-electron chi connectivity index (χ0n) is 26.9. The van der Waals surface area contributed by atoms with Gasteiger partial charge in [-0.25, -0.2) is 0 Å². The summed E-state index contributed by atoms with van der Waals surface area (Å²) in [7, 11) is 1.72. The maximum atomic E-state index is 14.5. The Morgan fingerprint density at radius 2 is 1.63 bits per heavy atom. The van der Waals surface area contributed by atoms with Crippen molar-refractivity contribution in [2.75, 3.05) is 26.7 Å². The van der Waals surface area contributed by atoms with Crippen LogP contribution in [0, 0.1) is 5.92 Å². The molecule has 0 spiro atoms. The summed E-state index contributed by atoms with van der Waals surface area (Å²) in [4.78, 5) is 60.9. The molecule has 0 radical (unpaired) electrons. The highest BCUT2D eigenvalue weighted by Crippen LogP contribution is 2.33. The normalized spacial score (nSPS) is 21.7. The van der Waals surface area contributed by atoms with E-state index in [1.54, 1.807) is 23.8 Å². The Bertz CT molecular complexity index is 1570. The van der Waals surface area contributed by atoms with E-state index in [9.17, 15) is 19.2 Å². The summed E-state index contributed by atoms with van der Waals surface area (Å²) < 4.78 is 0. The Morgan fingerprint density at radius 3 is 2.39 bits per heavy atom. The van der Waals surface area contributed by atoms with Crippen LogP contribution in [0.15, 0.2) is 72.8 Å². The molecule has 2 N–H and O–H groups in total. The first kappa shape index (κ1) is 31.7. The lowest BCUT2D eigenvalue weighted by atomic mass is 9.83. The largest absolute Gasteiger partial charge is 0.343 e. The summed E-state index contributed by atoms with van der Waals surface area (Å²) in [5.41, 5.74) is 2.11. The van der Waals surface area contributed by atoms with Crippen LogP contribution in [-0.2, 0) is 32.0 Å². The molecule has 4 atom stereocenters. The summed E-state index contributed by atoms with van der Waals surface area (Å²) in [6.07, 6.45) is 5.27. The minimum atomic E-state index is -0.738. The fourth-order valence-electron chi connectivity index (χ4n) is 7.47. The molecule has 2 heterocycles. The number of nitrogens with zero attached hydrogens (tertiary/aromatic N) is 3. The molecule has 3 aromatic carbocycles. The number of carbonyl (C=O) groups excluding carboxylic acids is 4. The minimum Gasteiger partial charge on any atom is -0.343 e. The van der Waals surface area contributed by atoms with Crippen LogP contribution in [0.2, 0.25) is 0 Å². The third kappa shape index (κ3) is 6.51. The third-order valence-electron chi connectivity index (χ3n) is 10.2. The van der Waals surface area contributed by atoms with Crippen molar-refractivity contribution in [3.63, 3.8) is 0 Å². The Labute approximate surface area is 271 Å². The number of hydrogen-bond acceptors (Lipinski definition) is 5. The van der Waals surface area contributed by atoms with E-state index in [1.165, 1.54) is 0 Å². The van der Waals surface area contributed by atoms with E-state index in [2.05, 4.69) is 10.6 Å². The van der Waals surface area contributed by atoms with E-state index >= 15 is 0 Å². The van der Waals surface area contributed by atoms with Crippen LogP contribution in [0.1, 0.15) is 50.2 Å². The Kier molecular flexibility index (Phi) is 9.68. The van der Waals surface area contributed by atoms with E-state index in [-0.39, 0.29) is 42.6 Å². The molecule has 3 fully saturated rings. The predicted octanol–water partition coefficient (Wildman–Crippen LogP) is 3.51. The van der Waals surface area contributed by atoms with Crippen molar-refractivity contribution < 1.29 is 19.2 Å². The average molecular weight is 624 g/mol. The molecule has 46 heavy (non-hydrogen) atoms. The lowest BCUT2D eigenvalue weighted by Gasteiger charge is -2.45. The molecular formula is C37H45N5O4. The van der Waals surface area contributed by atoms with Gasteiger partial charge in [-0.2, -0.15) is 0 Å². The van der Waals surface area contributed by atoms with E-state index < -0.39 is 24.3 Å². The molecule has 3 aliphatic rings. The highest BCUT2D eigenvalue weighted by Gasteiger charge is 2.52. The molecule has 9 heteroatoms. The quantitative estimate of drug-likeness (QED) is 0.360. The van der Waals surface area contributed by atoms with Gasteiger partial charge in [-0.3, -0.25) is 19.2 Å². The number of rotatable bonds is 10. The molecule has 0 unspecified atom stereocenters. The second-order valence-electron chi connectivity index (χ2n) is 13.0. The van der Waals surface area contributed by atoms with Gasteiger partial charge in [0.25, 0.3) is 0 Å². The van der Waals surface area contributed by atoms with Gasteiger partial charge >= 0.3 is 0 Å². The van der Waals surface area contributed by atoms with Gasteiger partial charge in [-0.1, -0.05) is 92.1 Å². The molecule has 6 rings (SSSR count). The molecular weight excluding hydrogens is 578 g/mol. The number of benzene rings is 3. The van der Waals surface area contributed by atoms with Crippen molar-refractivity contribution in [2.45, 2.75) is 76.2 Å². The molecule has 242 valence electrons. The average Bonchev–Trinajstić information content (AvgIpc) is 3.43. The van der Waals surface area contributed by atoms with Crippen molar-refractivity contribution in [2.24, 2.45) is 5.92 Å². The number of fused-ring (bicyclic) bond motifs is 2. The highest BCUT2D eigenvalue weighted by atomic mass is 16.2. The number of piperazine rings is 1. The summed E-state index contributed by atoms with van der Waals surface area (Å²) in [6, 6.07) is 22.3. The lowest BCUT2D eigenvalue weighted by Crippen LogP contribution is -2.66. The van der Waals surface area contributed by atoms with Crippen molar-refractivity contribution in [1.29, 1.82) is 0 Å². The van der Waals surface area contributed by atoms with Crippen molar-refractivity contribution in [3.8, 4) is 0 Å². The first-order valence-electron chi connectivity index (χ1n) is 16.7. The number of carbonyl (C=O) groups is 4. The van der Waals surface area contributed by atoms with E-state index in [1.807, 2.05) is 77.7 Å². The van der Waals surface area contributed by atoms with Gasteiger partial charge in [0.15, 0.2) is 0 Å². The van der Waals surface area contributed by atoms with E-state index in [4.69, 9.17) is 0 Å². The molecule has 2 saturated heterocycles. The number of nitrogens with one attached hydrogen (secondary N) is 2. The van der Waals surface area contributed by atoms with E-state index in [0.717, 1.165) is 54.0 Å². The Morgan fingerprint density at radius 1 is 0.913 bits per heavy atom. The van der Waals surface area contributed by atoms with Crippen LogP contribution in [0.5, 0.6) is 0 Å². The van der Waals surface area contributed by atoms with Crippen LogP contribution in [-0.4, -0.2) is 89.3 Å². The monoisotopic (exact) mass is 623 g/mol. The molecule has 0 bridgehead atoms. The number of likely N-dealkylation sites (N-methyl/N-ethyl adjacent to an activating group) is 1. The van der Waals surface area contributed by atoms with Crippen LogP contribution in [0.4, 0.5) is 0 Å². The first-order valence-corrected chi connectivity index (χ1v) is 16.7. The fourth-order valence-corrected chi connectivity index (χ4v) is 7.47. The zero-order valence-corrected chi connectivity index (χ0v) is 26.9. The predicted molar refractivity (Wildman–Crippen MR) is 178 cm³/mol. The maximum absolute atomic E-state index is 14.5. The van der Waals surface area contributed by atoms with Gasteiger partial charge in [0.1, 0.15) is 24.8 Å².